The molecule has 0 spiro atoms. The molecular formula is C28H20N4O3. The number of carboxylic acids is 1. The van der Waals surface area contributed by atoms with Gasteiger partial charge < -0.3 is 14.8 Å². The lowest BCUT2D eigenvalue weighted by molar-refractivity contribution is 0.0697. The van der Waals surface area contributed by atoms with Crippen molar-refractivity contribution in [2.45, 2.75) is 13.5 Å². The first-order valence-corrected chi connectivity index (χ1v) is 11.2. The minimum Gasteiger partial charge on any atom is -0.478 e. The fourth-order valence-electron chi connectivity index (χ4n) is 4.26. The number of nitrogens with zero attached hydrogens (tertiary/aromatic N) is 3. The summed E-state index contributed by atoms with van der Waals surface area (Å²) in [5.41, 5.74) is 7.26. The van der Waals surface area contributed by atoms with Gasteiger partial charge in [0.15, 0.2) is 5.76 Å². The SMILES string of the molecule is Cc1ccc2c(c1)C(c1cc3ccccc3o1)=NCc1cnc(Nc3ccc(C(=O)O)cc3)nc1-2. The zero-order valence-corrected chi connectivity index (χ0v) is 18.8. The number of carboxylic acid groups (broad SMARTS) is 1. The summed E-state index contributed by atoms with van der Waals surface area (Å²) in [6.45, 7) is 2.47. The molecule has 0 radical (unpaired) electrons. The van der Waals surface area contributed by atoms with E-state index in [2.05, 4.69) is 35.4 Å². The van der Waals surface area contributed by atoms with Gasteiger partial charge in [0.1, 0.15) is 11.3 Å². The fraction of sp³-hybridized carbons (Fsp3) is 0.0714. The average Bonchev–Trinajstić information content (AvgIpc) is 3.22. The Labute approximate surface area is 200 Å². The molecule has 0 amide bonds. The number of aliphatic imine (C=N–C) groups is 1. The first-order valence-electron chi connectivity index (χ1n) is 11.2. The van der Waals surface area contributed by atoms with Gasteiger partial charge in [0.2, 0.25) is 5.95 Å². The topological polar surface area (TPSA) is 101 Å². The molecule has 6 rings (SSSR count). The summed E-state index contributed by atoms with van der Waals surface area (Å²) in [7, 11) is 0. The monoisotopic (exact) mass is 460 g/mol. The molecule has 0 saturated heterocycles. The van der Waals surface area contributed by atoms with Gasteiger partial charge in [-0.15, -0.1) is 0 Å². The van der Waals surface area contributed by atoms with E-state index in [1.165, 1.54) is 0 Å². The van der Waals surface area contributed by atoms with Crippen LogP contribution in [0.2, 0.25) is 0 Å². The van der Waals surface area contributed by atoms with Crippen LogP contribution in [0, 0.1) is 6.92 Å². The molecule has 170 valence electrons. The van der Waals surface area contributed by atoms with Crippen LogP contribution in [0.25, 0.3) is 22.2 Å². The lowest BCUT2D eigenvalue weighted by atomic mass is 9.96. The third-order valence-electron chi connectivity index (χ3n) is 6.00. The number of carbonyl (C=O) groups is 1. The molecule has 0 saturated carbocycles. The summed E-state index contributed by atoms with van der Waals surface area (Å²) in [6.07, 6.45) is 1.78. The highest BCUT2D eigenvalue weighted by molar-refractivity contribution is 6.16. The Hall–Kier alpha value is -4.78. The minimum atomic E-state index is -0.968. The Balaban J connectivity index is 1.42. The maximum atomic E-state index is 11.1. The third kappa shape index (κ3) is 3.83. The van der Waals surface area contributed by atoms with E-state index in [1.54, 1.807) is 30.5 Å². The minimum absolute atomic E-state index is 0.220. The Morgan fingerprint density at radius 3 is 2.63 bits per heavy atom. The van der Waals surface area contributed by atoms with E-state index in [9.17, 15) is 4.79 Å². The molecule has 7 nitrogen and oxygen atoms in total. The Bertz CT molecular complexity index is 1600. The summed E-state index contributed by atoms with van der Waals surface area (Å²) in [5, 5.41) is 13.3. The van der Waals surface area contributed by atoms with Crippen molar-refractivity contribution in [1.82, 2.24) is 9.97 Å². The van der Waals surface area contributed by atoms with Crippen molar-refractivity contribution in [2.24, 2.45) is 4.99 Å². The third-order valence-corrected chi connectivity index (χ3v) is 6.00. The highest BCUT2D eigenvalue weighted by Gasteiger charge is 2.23. The maximum Gasteiger partial charge on any atom is 0.335 e. The van der Waals surface area contributed by atoms with Crippen LogP contribution in [-0.4, -0.2) is 26.8 Å². The molecule has 0 aliphatic carbocycles. The molecule has 0 unspecified atom stereocenters. The van der Waals surface area contributed by atoms with Crippen LogP contribution in [0.4, 0.5) is 11.6 Å². The zero-order valence-electron chi connectivity index (χ0n) is 18.8. The van der Waals surface area contributed by atoms with Gasteiger partial charge in [-0.1, -0.05) is 35.9 Å². The summed E-state index contributed by atoms with van der Waals surface area (Å²) in [5.74, 6) is 0.172. The van der Waals surface area contributed by atoms with Gasteiger partial charge in [0.05, 0.1) is 17.8 Å². The predicted octanol–water partition coefficient (Wildman–Crippen LogP) is 5.99. The van der Waals surface area contributed by atoms with Gasteiger partial charge >= 0.3 is 5.97 Å². The Kier molecular flexibility index (Phi) is 4.88. The van der Waals surface area contributed by atoms with E-state index in [4.69, 9.17) is 19.5 Å². The number of hydrogen-bond donors (Lipinski definition) is 2. The van der Waals surface area contributed by atoms with Crippen LogP contribution < -0.4 is 5.32 Å². The number of aromatic nitrogens is 2. The van der Waals surface area contributed by atoms with Crippen molar-refractivity contribution >= 4 is 34.3 Å². The average molecular weight is 460 g/mol. The number of fused-ring (bicyclic) bond motifs is 4. The molecule has 35 heavy (non-hydrogen) atoms. The molecule has 0 bridgehead atoms. The van der Waals surface area contributed by atoms with E-state index in [-0.39, 0.29) is 5.56 Å². The lowest BCUT2D eigenvalue weighted by Crippen LogP contribution is -2.05. The standard InChI is InChI=1S/C28H20N4O3/c1-16-6-11-21-22(12-16)26(24-13-18-4-2-3-5-23(18)35-24)29-14-19-15-30-28(32-25(19)21)31-20-9-7-17(8-10-20)27(33)34/h2-13,15H,14H2,1H3,(H,33,34)(H,30,31,32). The normalized spacial score (nSPS) is 12.4. The molecule has 0 fully saturated rings. The van der Waals surface area contributed by atoms with Crippen molar-refractivity contribution in [3.63, 3.8) is 0 Å². The zero-order chi connectivity index (χ0) is 23.9. The number of furan rings is 1. The summed E-state index contributed by atoms with van der Waals surface area (Å²) in [4.78, 5) is 25.3. The van der Waals surface area contributed by atoms with E-state index in [0.717, 1.165) is 50.4 Å². The second kappa shape index (κ2) is 8.22. The van der Waals surface area contributed by atoms with Crippen LogP contribution in [0.3, 0.4) is 0 Å². The molecule has 1 aliphatic heterocycles. The molecule has 3 heterocycles. The number of nitrogens with one attached hydrogen (secondary N) is 1. The lowest BCUT2D eigenvalue weighted by Gasteiger charge is -2.12. The van der Waals surface area contributed by atoms with Crippen LogP contribution in [0.5, 0.6) is 0 Å². The van der Waals surface area contributed by atoms with Crippen molar-refractivity contribution in [3.05, 3.63) is 107 Å². The first kappa shape index (κ1) is 20.8. The molecule has 5 aromatic rings. The molecule has 0 atom stereocenters. The van der Waals surface area contributed by atoms with Crippen molar-refractivity contribution in [2.75, 3.05) is 5.32 Å². The highest BCUT2D eigenvalue weighted by atomic mass is 16.4. The Morgan fingerprint density at radius 2 is 1.83 bits per heavy atom. The first-order chi connectivity index (χ1) is 17.0. The van der Waals surface area contributed by atoms with Gasteiger partial charge in [-0.2, -0.15) is 0 Å². The second-order valence-corrected chi connectivity index (χ2v) is 8.44. The number of aromatic carboxylic acids is 1. The van der Waals surface area contributed by atoms with E-state index < -0.39 is 5.97 Å². The number of benzene rings is 3. The molecular weight excluding hydrogens is 440 g/mol. The molecule has 1 aliphatic rings. The summed E-state index contributed by atoms with van der Waals surface area (Å²) in [6, 6.07) is 22.6. The highest BCUT2D eigenvalue weighted by Crippen LogP contribution is 2.34. The van der Waals surface area contributed by atoms with Crippen LogP contribution in [0.15, 0.2) is 88.4 Å². The molecule has 3 aromatic carbocycles. The van der Waals surface area contributed by atoms with E-state index in [0.29, 0.717) is 18.2 Å². The summed E-state index contributed by atoms with van der Waals surface area (Å²) >= 11 is 0. The number of aryl methyl sites for hydroxylation is 1. The number of hydrogen-bond acceptors (Lipinski definition) is 6. The van der Waals surface area contributed by atoms with Gasteiger partial charge in [0.25, 0.3) is 0 Å². The van der Waals surface area contributed by atoms with Crippen molar-refractivity contribution < 1.29 is 14.3 Å². The number of anilines is 2. The van der Waals surface area contributed by atoms with Gasteiger partial charge in [-0.3, -0.25) is 4.99 Å². The quantitative estimate of drug-likeness (QED) is 0.342. The number of rotatable bonds is 4. The van der Waals surface area contributed by atoms with Gasteiger partial charge in [0, 0.05) is 34.0 Å². The van der Waals surface area contributed by atoms with Gasteiger partial charge in [-0.25, -0.2) is 14.8 Å². The summed E-state index contributed by atoms with van der Waals surface area (Å²) < 4.78 is 6.17. The molecule has 2 N–H and O–H groups in total. The number of para-hydroxylation sites is 1. The largest absolute Gasteiger partial charge is 0.478 e. The smallest absolute Gasteiger partial charge is 0.335 e. The maximum absolute atomic E-state index is 11.1. The van der Waals surface area contributed by atoms with E-state index >= 15 is 0 Å². The predicted molar refractivity (Wildman–Crippen MR) is 134 cm³/mol. The molecule has 7 heteroatoms. The van der Waals surface area contributed by atoms with E-state index in [1.807, 2.05) is 30.3 Å². The van der Waals surface area contributed by atoms with Crippen LogP contribution >= 0.6 is 0 Å². The molecule has 2 aromatic heterocycles. The Morgan fingerprint density at radius 1 is 1.00 bits per heavy atom. The second-order valence-electron chi connectivity index (χ2n) is 8.44. The van der Waals surface area contributed by atoms with Crippen LogP contribution in [-0.2, 0) is 6.54 Å². The fourth-order valence-corrected chi connectivity index (χ4v) is 4.26. The van der Waals surface area contributed by atoms with Gasteiger partial charge in [-0.05, 0) is 49.4 Å². The van der Waals surface area contributed by atoms with Crippen LogP contribution in [0.1, 0.15) is 32.8 Å². The van der Waals surface area contributed by atoms with Crippen molar-refractivity contribution in [1.29, 1.82) is 0 Å². The van der Waals surface area contributed by atoms with Crippen molar-refractivity contribution in [3.8, 4) is 11.3 Å².